The van der Waals surface area contributed by atoms with Crippen LogP contribution in [0.2, 0.25) is 0 Å². The van der Waals surface area contributed by atoms with Gasteiger partial charge in [0, 0.05) is 13.2 Å². The number of methoxy groups -OCH3 is 1. The molecular formula is C18H36O4. The van der Waals surface area contributed by atoms with Crippen LogP contribution in [0.3, 0.4) is 0 Å². The summed E-state index contributed by atoms with van der Waals surface area (Å²) in [6, 6.07) is 0. The van der Waals surface area contributed by atoms with Crippen LogP contribution in [0, 0.1) is 0 Å². The Morgan fingerprint density at radius 1 is 0.864 bits per heavy atom. The Hall–Kier alpha value is -0.610. The van der Waals surface area contributed by atoms with Crippen LogP contribution in [0.4, 0.5) is 0 Å². The third-order valence-corrected chi connectivity index (χ3v) is 3.74. The largest absolute Gasteiger partial charge is 0.467 e. The molecule has 0 aromatic heterocycles. The highest BCUT2D eigenvalue weighted by atomic mass is 16.6. The summed E-state index contributed by atoms with van der Waals surface area (Å²) in [4.78, 5) is 11.4. The van der Waals surface area contributed by atoms with Crippen molar-refractivity contribution in [1.29, 1.82) is 0 Å². The van der Waals surface area contributed by atoms with Gasteiger partial charge in [0.2, 0.25) is 0 Å². The number of ether oxygens (including phenoxy) is 3. The molecule has 0 aliphatic heterocycles. The lowest BCUT2D eigenvalue weighted by atomic mass is 10.1. The van der Waals surface area contributed by atoms with Crippen molar-refractivity contribution in [3.63, 3.8) is 0 Å². The minimum absolute atomic E-state index is 0.290. The van der Waals surface area contributed by atoms with Crippen LogP contribution in [0.5, 0.6) is 0 Å². The molecule has 4 nitrogen and oxygen atoms in total. The van der Waals surface area contributed by atoms with Crippen molar-refractivity contribution in [3.05, 3.63) is 0 Å². The van der Waals surface area contributed by atoms with Crippen LogP contribution in [-0.2, 0) is 19.0 Å². The minimum Gasteiger partial charge on any atom is -0.467 e. The Morgan fingerprint density at radius 3 is 1.91 bits per heavy atom. The Labute approximate surface area is 136 Å². The molecule has 0 rings (SSSR count). The van der Waals surface area contributed by atoms with E-state index in [2.05, 4.69) is 11.7 Å². The Balaban J connectivity index is 3.33. The molecule has 1 unspecified atom stereocenters. The minimum atomic E-state index is -0.585. The molecule has 0 heterocycles. The second kappa shape index (κ2) is 16.8. The van der Waals surface area contributed by atoms with Gasteiger partial charge in [-0.3, -0.25) is 0 Å². The summed E-state index contributed by atoms with van der Waals surface area (Å²) in [5, 5.41) is 0. The topological polar surface area (TPSA) is 44.8 Å². The Kier molecular flexibility index (Phi) is 16.3. The zero-order valence-electron chi connectivity index (χ0n) is 14.9. The summed E-state index contributed by atoms with van der Waals surface area (Å²) < 4.78 is 15.5. The first-order valence-corrected chi connectivity index (χ1v) is 9.03. The molecule has 0 radical (unpaired) electrons. The van der Waals surface area contributed by atoms with Crippen molar-refractivity contribution in [3.8, 4) is 0 Å². The third kappa shape index (κ3) is 13.1. The monoisotopic (exact) mass is 316 g/mol. The summed E-state index contributed by atoms with van der Waals surface area (Å²) in [7, 11) is 1.37. The van der Waals surface area contributed by atoms with E-state index < -0.39 is 6.10 Å². The fourth-order valence-corrected chi connectivity index (χ4v) is 2.40. The van der Waals surface area contributed by atoms with E-state index in [0.717, 1.165) is 6.42 Å². The van der Waals surface area contributed by atoms with Crippen LogP contribution >= 0.6 is 0 Å². The van der Waals surface area contributed by atoms with Gasteiger partial charge in [0.1, 0.15) is 0 Å². The van der Waals surface area contributed by atoms with Gasteiger partial charge in [0.15, 0.2) is 6.10 Å². The lowest BCUT2D eigenvalue weighted by molar-refractivity contribution is -0.157. The molecule has 0 aliphatic carbocycles. The van der Waals surface area contributed by atoms with Crippen molar-refractivity contribution in [1.82, 2.24) is 0 Å². The van der Waals surface area contributed by atoms with E-state index in [0.29, 0.717) is 13.2 Å². The smallest absolute Gasteiger partial charge is 0.337 e. The predicted octanol–water partition coefficient (Wildman–Crippen LogP) is 4.50. The van der Waals surface area contributed by atoms with Gasteiger partial charge in [-0.25, -0.2) is 4.79 Å². The summed E-state index contributed by atoms with van der Waals surface area (Å²) in [5.41, 5.74) is 0. The van der Waals surface area contributed by atoms with Crippen LogP contribution in [0.25, 0.3) is 0 Å². The normalized spacial score (nSPS) is 12.3. The van der Waals surface area contributed by atoms with Gasteiger partial charge >= 0.3 is 5.97 Å². The van der Waals surface area contributed by atoms with Gasteiger partial charge < -0.3 is 14.2 Å². The van der Waals surface area contributed by atoms with Crippen molar-refractivity contribution >= 4 is 5.97 Å². The van der Waals surface area contributed by atoms with Gasteiger partial charge in [-0.05, 0) is 13.3 Å². The van der Waals surface area contributed by atoms with Crippen molar-refractivity contribution in [2.75, 3.05) is 26.9 Å². The highest BCUT2D eigenvalue weighted by molar-refractivity contribution is 5.74. The van der Waals surface area contributed by atoms with Crippen molar-refractivity contribution in [2.24, 2.45) is 0 Å². The van der Waals surface area contributed by atoms with Crippen molar-refractivity contribution < 1.29 is 19.0 Å². The summed E-state index contributed by atoms with van der Waals surface area (Å²) >= 11 is 0. The maximum atomic E-state index is 11.4. The van der Waals surface area contributed by atoms with Crippen LogP contribution in [-0.4, -0.2) is 39.0 Å². The van der Waals surface area contributed by atoms with E-state index in [1.165, 1.54) is 64.9 Å². The predicted molar refractivity (Wildman–Crippen MR) is 90.1 cm³/mol. The fourth-order valence-electron chi connectivity index (χ4n) is 2.40. The number of carbonyl (C=O) groups is 1. The number of carbonyl (C=O) groups excluding carboxylic acids is 1. The molecule has 0 N–H and O–H groups in total. The van der Waals surface area contributed by atoms with Crippen molar-refractivity contribution in [2.45, 2.75) is 84.2 Å². The van der Waals surface area contributed by atoms with Gasteiger partial charge in [0.25, 0.3) is 0 Å². The van der Waals surface area contributed by atoms with Crippen LogP contribution in [0.1, 0.15) is 78.1 Å². The highest BCUT2D eigenvalue weighted by Gasteiger charge is 2.19. The summed E-state index contributed by atoms with van der Waals surface area (Å²) in [5.74, 6) is -0.357. The van der Waals surface area contributed by atoms with E-state index in [1.54, 1.807) is 0 Å². The van der Waals surface area contributed by atoms with E-state index in [1.807, 2.05) is 6.92 Å². The molecule has 0 saturated heterocycles. The zero-order chi connectivity index (χ0) is 16.5. The Bertz CT molecular complexity index is 243. The number of hydrogen-bond acceptors (Lipinski definition) is 4. The molecule has 0 spiro atoms. The van der Waals surface area contributed by atoms with Gasteiger partial charge in [-0.1, -0.05) is 64.7 Å². The first-order valence-electron chi connectivity index (χ1n) is 9.03. The number of rotatable bonds is 16. The lowest BCUT2D eigenvalue weighted by Gasteiger charge is -2.14. The first-order chi connectivity index (χ1) is 10.8. The van der Waals surface area contributed by atoms with E-state index in [9.17, 15) is 4.79 Å². The maximum Gasteiger partial charge on any atom is 0.337 e. The van der Waals surface area contributed by atoms with E-state index in [-0.39, 0.29) is 12.6 Å². The number of hydrogen-bond donors (Lipinski definition) is 0. The molecule has 0 aliphatic rings. The molecule has 1 atom stereocenters. The SMILES string of the molecule is CCCCCCCCCCCCOCC(OCC)C(=O)OC. The number of unbranched alkanes of at least 4 members (excludes halogenated alkanes) is 9. The summed E-state index contributed by atoms with van der Waals surface area (Å²) in [6.07, 6.45) is 12.5. The average molecular weight is 316 g/mol. The highest BCUT2D eigenvalue weighted by Crippen LogP contribution is 2.10. The Morgan fingerprint density at radius 2 is 1.41 bits per heavy atom. The fraction of sp³-hybridized carbons (Fsp3) is 0.944. The molecule has 132 valence electrons. The second-order valence-electron chi connectivity index (χ2n) is 5.72. The van der Waals surface area contributed by atoms with Gasteiger partial charge in [-0.2, -0.15) is 0 Å². The molecule has 0 aromatic carbocycles. The molecule has 0 bridgehead atoms. The average Bonchev–Trinajstić information content (AvgIpc) is 2.54. The molecule has 22 heavy (non-hydrogen) atoms. The lowest BCUT2D eigenvalue weighted by Crippen LogP contribution is -2.30. The third-order valence-electron chi connectivity index (χ3n) is 3.74. The standard InChI is InChI=1S/C18H36O4/c1-4-6-7-8-9-10-11-12-13-14-15-21-16-17(22-5-2)18(19)20-3/h17H,4-16H2,1-3H3. The molecule has 4 heteroatoms. The summed E-state index contributed by atoms with van der Waals surface area (Å²) in [6.45, 7) is 5.58. The molecular weight excluding hydrogens is 280 g/mol. The molecule has 0 fully saturated rings. The second-order valence-corrected chi connectivity index (χ2v) is 5.72. The zero-order valence-corrected chi connectivity index (χ0v) is 14.9. The quantitative estimate of drug-likeness (QED) is 0.310. The maximum absolute atomic E-state index is 11.4. The van der Waals surface area contributed by atoms with E-state index in [4.69, 9.17) is 9.47 Å². The molecule has 0 saturated carbocycles. The van der Waals surface area contributed by atoms with Crippen LogP contribution in [0.15, 0.2) is 0 Å². The van der Waals surface area contributed by atoms with Crippen LogP contribution < -0.4 is 0 Å². The number of esters is 1. The molecule has 0 amide bonds. The van der Waals surface area contributed by atoms with Gasteiger partial charge in [-0.15, -0.1) is 0 Å². The van der Waals surface area contributed by atoms with E-state index >= 15 is 0 Å². The first kappa shape index (κ1) is 21.4. The van der Waals surface area contributed by atoms with Gasteiger partial charge in [0.05, 0.1) is 13.7 Å². The molecule has 0 aromatic rings.